The molecule has 2 heterocycles. The summed E-state index contributed by atoms with van der Waals surface area (Å²) in [5.41, 5.74) is 4.45. The molecule has 3 nitrogen and oxygen atoms in total. The summed E-state index contributed by atoms with van der Waals surface area (Å²) in [4.78, 5) is 4.86. The number of anilines is 1. The zero-order valence-corrected chi connectivity index (χ0v) is 11.7. The molecule has 1 aliphatic rings. The van der Waals surface area contributed by atoms with Crippen molar-refractivity contribution in [2.45, 2.75) is 25.9 Å². The van der Waals surface area contributed by atoms with Crippen molar-refractivity contribution in [2.24, 2.45) is 0 Å². The van der Waals surface area contributed by atoms with Crippen LogP contribution in [-0.2, 0) is 5.66 Å². The maximum absolute atomic E-state index is 4.86. The monoisotopic (exact) mass is 263 g/mol. The van der Waals surface area contributed by atoms with Crippen LogP contribution in [0.4, 0.5) is 5.69 Å². The highest BCUT2D eigenvalue weighted by Gasteiger charge is 2.34. The number of nitrogens with one attached hydrogen (secondary N) is 1. The van der Waals surface area contributed by atoms with E-state index in [4.69, 9.17) is 4.98 Å². The van der Waals surface area contributed by atoms with E-state index in [0.717, 1.165) is 17.8 Å². The molecule has 0 fully saturated rings. The second-order valence-corrected chi connectivity index (χ2v) is 5.56. The van der Waals surface area contributed by atoms with Crippen molar-refractivity contribution in [1.29, 1.82) is 0 Å². The van der Waals surface area contributed by atoms with Crippen molar-refractivity contribution in [3.05, 3.63) is 48.5 Å². The Morgan fingerprint density at radius 2 is 1.85 bits per heavy atom. The average molecular weight is 263 g/mol. The lowest BCUT2D eigenvalue weighted by atomic mass is 10.0. The third-order valence-electron chi connectivity index (χ3n) is 4.31. The van der Waals surface area contributed by atoms with Crippen LogP contribution in [0.3, 0.4) is 0 Å². The van der Waals surface area contributed by atoms with Crippen molar-refractivity contribution in [3.63, 3.8) is 0 Å². The van der Waals surface area contributed by atoms with Crippen molar-refractivity contribution >= 4 is 16.7 Å². The number of imidazole rings is 1. The summed E-state index contributed by atoms with van der Waals surface area (Å²) < 4.78 is 2.34. The summed E-state index contributed by atoms with van der Waals surface area (Å²) in [6.45, 7) is 4.44. The number of para-hydroxylation sites is 3. The molecule has 0 bridgehead atoms. The van der Waals surface area contributed by atoms with E-state index in [2.05, 4.69) is 66.2 Å². The van der Waals surface area contributed by atoms with Crippen LogP contribution in [0.25, 0.3) is 22.4 Å². The van der Waals surface area contributed by atoms with Crippen LogP contribution in [0.5, 0.6) is 0 Å². The summed E-state index contributed by atoms with van der Waals surface area (Å²) in [7, 11) is 0. The molecule has 1 N–H and O–H groups in total. The molecule has 20 heavy (non-hydrogen) atoms. The number of fused-ring (bicyclic) bond motifs is 5. The lowest BCUT2D eigenvalue weighted by Crippen LogP contribution is -2.40. The van der Waals surface area contributed by atoms with E-state index in [-0.39, 0.29) is 5.66 Å². The second kappa shape index (κ2) is 3.85. The largest absolute Gasteiger partial charge is 0.362 e. The van der Waals surface area contributed by atoms with Crippen molar-refractivity contribution in [3.8, 4) is 11.4 Å². The van der Waals surface area contributed by atoms with Gasteiger partial charge < -0.3 is 9.88 Å². The maximum Gasteiger partial charge on any atom is 0.145 e. The third kappa shape index (κ3) is 1.38. The van der Waals surface area contributed by atoms with Gasteiger partial charge in [0.05, 0.1) is 11.0 Å². The predicted molar refractivity (Wildman–Crippen MR) is 82.7 cm³/mol. The van der Waals surface area contributed by atoms with Crippen LogP contribution in [0, 0.1) is 0 Å². The van der Waals surface area contributed by atoms with Crippen LogP contribution < -0.4 is 5.32 Å². The van der Waals surface area contributed by atoms with Crippen LogP contribution >= 0.6 is 0 Å². The first kappa shape index (κ1) is 11.5. The van der Waals surface area contributed by atoms with Crippen molar-refractivity contribution < 1.29 is 0 Å². The van der Waals surface area contributed by atoms with E-state index in [9.17, 15) is 0 Å². The summed E-state index contributed by atoms with van der Waals surface area (Å²) in [6, 6.07) is 16.8. The van der Waals surface area contributed by atoms with Gasteiger partial charge in [0.15, 0.2) is 0 Å². The maximum atomic E-state index is 4.86. The minimum absolute atomic E-state index is 0.139. The Kier molecular flexibility index (Phi) is 2.22. The quantitative estimate of drug-likeness (QED) is 0.712. The van der Waals surface area contributed by atoms with E-state index in [0.29, 0.717) is 0 Å². The first-order chi connectivity index (χ1) is 9.73. The molecule has 1 aliphatic heterocycles. The summed E-state index contributed by atoms with van der Waals surface area (Å²) >= 11 is 0. The number of hydrogen-bond acceptors (Lipinski definition) is 2. The van der Waals surface area contributed by atoms with Gasteiger partial charge in [-0.3, -0.25) is 0 Å². The predicted octanol–water partition coefficient (Wildman–Crippen LogP) is 4.21. The molecular weight excluding hydrogens is 246 g/mol. The average Bonchev–Trinajstić information content (AvgIpc) is 2.88. The summed E-state index contributed by atoms with van der Waals surface area (Å²) in [5.74, 6) is 1.06. The Hall–Kier alpha value is -2.29. The molecule has 1 aromatic heterocycles. The van der Waals surface area contributed by atoms with E-state index in [1.807, 2.05) is 6.07 Å². The molecule has 1 atom stereocenters. The van der Waals surface area contributed by atoms with Crippen molar-refractivity contribution in [1.82, 2.24) is 9.55 Å². The molecular formula is C17H17N3. The highest BCUT2D eigenvalue weighted by Crippen LogP contribution is 2.41. The molecule has 4 rings (SSSR count). The fraction of sp³-hybridized carbons (Fsp3) is 0.235. The summed E-state index contributed by atoms with van der Waals surface area (Å²) in [5, 5.41) is 3.68. The van der Waals surface area contributed by atoms with Crippen LogP contribution in [0.1, 0.15) is 20.3 Å². The minimum atomic E-state index is -0.139. The highest BCUT2D eigenvalue weighted by atomic mass is 15.3. The van der Waals surface area contributed by atoms with Gasteiger partial charge in [-0.2, -0.15) is 0 Å². The van der Waals surface area contributed by atoms with Gasteiger partial charge in [0.1, 0.15) is 11.5 Å². The van der Waals surface area contributed by atoms with Gasteiger partial charge in [-0.1, -0.05) is 31.2 Å². The zero-order chi connectivity index (χ0) is 13.7. The smallest absolute Gasteiger partial charge is 0.145 e. The molecule has 100 valence electrons. The third-order valence-corrected chi connectivity index (χ3v) is 4.31. The topological polar surface area (TPSA) is 29.9 Å². The molecule has 0 unspecified atom stereocenters. The van der Waals surface area contributed by atoms with Gasteiger partial charge in [-0.05, 0) is 37.6 Å². The molecule has 0 radical (unpaired) electrons. The molecule has 0 spiro atoms. The van der Waals surface area contributed by atoms with Crippen LogP contribution in [0.15, 0.2) is 48.5 Å². The molecule has 0 saturated carbocycles. The summed E-state index contributed by atoms with van der Waals surface area (Å²) in [6.07, 6.45) is 0.995. The lowest BCUT2D eigenvalue weighted by molar-refractivity contribution is 0.366. The van der Waals surface area contributed by atoms with Crippen LogP contribution in [-0.4, -0.2) is 9.55 Å². The normalized spacial score (nSPS) is 20.3. The van der Waals surface area contributed by atoms with Crippen LogP contribution in [0.2, 0.25) is 0 Å². The molecule has 0 amide bonds. The van der Waals surface area contributed by atoms with Gasteiger partial charge in [-0.25, -0.2) is 4.98 Å². The Morgan fingerprint density at radius 3 is 2.70 bits per heavy atom. The first-order valence-corrected chi connectivity index (χ1v) is 7.08. The Bertz CT molecular complexity index is 803. The van der Waals surface area contributed by atoms with E-state index in [1.165, 1.54) is 16.8 Å². The minimum Gasteiger partial charge on any atom is -0.362 e. The fourth-order valence-electron chi connectivity index (χ4n) is 3.09. The molecule has 2 aromatic carbocycles. The highest BCUT2D eigenvalue weighted by molar-refractivity contribution is 5.86. The Morgan fingerprint density at radius 1 is 1.10 bits per heavy atom. The number of benzene rings is 2. The zero-order valence-electron chi connectivity index (χ0n) is 11.7. The molecule has 3 aromatic rings. The van der Waals surface area contributed by atoms with Gasteiger partial charge >= 0.3 is 0 Å². The lowest BCUT2D eigenvalue weighted by Gasteiger charge is -2.38. The second-order valence-electron chi connectivity index (χ2n) is 5.56. The van der Waals surface area contributed by atoms with Gasteiger partial charge in [0.25, 0.3) is 0 Å². The molecule has 3 heteroatoms. The van der Waals surface area contributed by atoms with Gasteiger partial charge in [0, 0.05) is 11.3 Å². The molecule has 0 aliphatic carbocycles. The molecule has 0 saturated heterocycles. The SMILES string of the molecule is CC[C@]1(C)Nc2ccccc2-c2nc3ccccc3n21. The van der Waals surface area contributed by atoms with Gasteiger partial charge in [-0.15, -0.1) is 0 Å². The van der Waals surface area contributed by atoms with Crippen molar-refractivity contribution in [2.75, 3.05) is 5.32 Å². The van der Waals surface area contributed by atoms with E-state index >= 15 is 0 Å². The standard InChI is InChI=1S/C17H17N3/c1-3-17(2)19-13-9-5-4-8-12(13)16-18-14-10-6-7-11-15(14)20(16)17/h4-11,19H,3H2,1-2H3/t17-/m1/s1. The van der Waals surface area contributed by atoms with E-state index < -0.39 is 0 Å². The fourth-order valence-corrected chi connectivity index (χ4v) is 3.09. The number of aromatic nitrogens is 2. The number of nitrogens with zero attached hydrogens (tertiary/aromatic N) is 2. The number of rotatable bonds is 1. The Labute approximate surface area is 118 Å². The van der Waals surface area contributed by atoms with E-state index in [1.54, 1.807) is 0 Å². The Balaban J connectivity index is 2.14. The van der Waals surface area contributed by atoms with Gasteiger partial charge in [0.2, 0.25) is 0 Å². The first-order valence-electron chi connectivity index (χ1n) is 7.08. The number of hydrogen-bond donors (Lipinski definition) is 1.